The number of amides is 2. The van der Waals surface area contributed by atoms with Gasteiger partial charge in [0.25, 0.3) is 11.8 Å². The van der Waals surface area contributed by atoms with Crippen LogP contribution in [0.3, 0.4) is 0 Å². The van der Waals surface area contributed by atoms with Crippen molar-refractivity contribution in [3.8, 4) is 5.75 Å². The first-order valence-corrected chi connectivity index (χ1v) is 8.56. The number of aryl methyl sites for hydroxylation is 1. The Bertz CT molecular complexity index is 965. The SMILES string of the molecule is Cc1ccc(C(=O)Nc2cccc(CNC(=O)c3ccccc3O)c2)cc1. The van der Waals surface area contributed by atoms with Crippen molar-refractivity contribution in [2.75, 3.05) is 5.32 Å². The molecule has 0 aliphatic rings. The summed E-state index contributed by atoms with van der Waals surface area (Å²) in [4.78, 5) is 24.5. The van der Waals surface area contributed by atoms with Gasteiger partial charge in [0.05, 0.1) is 5.56 Å². The third-order valence-corrected chi connectivity index (χ3v) is 4.10. The van der Waals surface area contributed by atoms with Crippen LogP contribution in [-0.2, 0) is 6.54 Å². The summed E-state index contributed by atoms with van der Waals surface area (Å²) in [6.07, 6.45) is 0. The van der Waals surface area contributed by atoms with Crippen molar-refractivity contribution < 1.29 is 14.7 Å². The number of hydrogen-bond acceptors (Lipinski definition) is 3. The smallest absolute Gasteiger partial charge is 0.255 e. The Kier molecular flexibility index (Phi) is 5.52. The van der Waals surface area contributed by atoms with E-state index in [1.54, 1.807) is 42.5 Å². The number of phenolic OH excluding ortho intramolecular Hbond substituents is 1. The first-order valence-electron chi connectivity index (χ1n) is 8.56. The summed E-state index contributed by atoms with van der Waals surface area (Å²) in [5.74, 6) is -0.610. The number of nitrogens with one attached hydrogen (secondary N) is 2. The lowest BCUT2D eigenvalue weighted by Crippen LogP contribution is -2.23. The van der Waals surface area contributed by atoms with Gasteiger partial charge in [-0.05, 0) is 48.9 Å². The van der Waals surface area contributed by atoms with Crippen molar-refractivity contribution in [1.29, 1.82) is 0 Å². The van der Waals surface area contributed by atoms with Gasteiger partial charge in [-0.2, -0.15) is 0 Å². The Balaban J connectivity index is 1.63. The molecule has 5 heteroatoms. The van der Waals surface area contributed by atoms with E-state index in [4.69, 9.17) is 0 Å². The van der Waals surface area contributed by atoms with E-state index in [2.05, 4.69) is 10.6 Å². The fraction of sp³-hybridized carbons (Fsp3) is 0.0909. The van der Waals surface area contributed by atoms with Crippen LogP contribution in [-0.4, -0.2) is 16.9 Å². The van der Waals surface area contributed by atoms with Crippen molar-refractivity contribution in [1.82, 2.24) is 5.32 Å². The molecule has 0 unspecified atom stereocenters. The van der Waals surface area contributed by atoms with Gasteiger partial charge in [-0.1, -0.05) is 42.0 Å². The Morgan fingerprint density at radius 1 is 0.889 bits per heavy atom. The van der Waals surface area contributed by atoms with Crippen molar-refractivity contribution in [2.45, 2.75) is 13.5 Å². The molecule has 3 aromatic carbocycles. The van der Waals surface area contributed by atoms with E-state index >= 15 is 0 Å². The molecule has 3 rings (SSSR count). The topological polar surface area (TPSA) is 78.4 Å². The van der Waals surface area contributed by atoms with Gasteiger partial charge in [0.1, 0.15) is 5.75 Å². The maximum absolute atomic E-state index is 12.3. The van der Waals surface area contributed by atoms with Crippen LogP contribution in [0.25, 0.3) is 0 Å². The Morgan fingerprint density at radius 3 is 2.37 bits per heavy atom. The van der Waals surface area contributed by atoms with Crippen LogP contribution in [0.1, 0.15) is 31.8 Å². The highest BCUT2D eigenvalue weighted by Crippen LogP contribution is 2.16. The third-order valence-electron chi connectivity index (χ3n) is 4.10. The highest BCUT2D eigenvalue weighted by atomic mass is 16.3. The third kappa shape index (κ3) is 4.73. The number of aromatic hydroxyl groups is 1. The van der Waals surface area contributed by atoms with Crippen molar-refractivity contribution in [2.24, 2.45) is 0 Å². The summed E-state index contributed by atoms with van der Waals surface area (Å²) in [7, 11) is 0. The number of carbonyl (C=O) groups excluding carboxylic acids is 2. The molecule has 3 N–H and O–H groups in total. The monoisotopic (exact) mass is 360 g/mol. The lowest BCUT2D eigenvalue weighted by Gasteiger charge is -2.09. The van der Waals surface area contributed by atoms with Crippen LogP contribution in [0.4, 0.5) is 5.69 Å². The average molecular weight is 360 g/mol. The Labute approximate surface area is 157 Å². The summed E-state index contributed by atoms with van der Waals surface area (Å²) >= 11 is 0. The molecule has 0 saturated heterocycles. The molecule has 0 fully saturated rings. The molecule has 0 heterocycles. The van der Waals surface area contributed by atoms with Gasteiger partial charge >= 0.3 is 0 Å². The van der Waals surface area contributed by atoms with Crippen LogP contribution in [0.15, 0.2) is 72.8 Å². The largest absolute Gasteiger partial charge is 0.507 e. The van der Waals surface area contributed by atoms with E-state index in [-0.39, 0.29) is 29.7 Å². The fourth-order valence-corrected chi connectivity index (χ4v) is 2.61. The zero-order chi connectivity index (χ0) is 19.2. The summed E-state index contributed by atoms with van der Waals surface area (Å²) < 4.78 is 0. The molecule has 27 heavy (non-hydrogen) atoms. The quantitative estimate of drug-likeness (QED) is 0.646. The van der Waals surface area contributed by atoms with E-state index in [1.165, 1.54) is 6.07 Å². The van der Waals surface area contributed by atoms with Gasteiger partial charge in [-0.25, -0.2) is 0 Å². The zero-order valence-corrected chi connectivity index (χ0v) is 14.9. The van der Waals surface area contributed by atoms with Crippen LogP contribution >= 0.6 is 0 Å². The standard InChI is InChI=1S/C22H20N2O3/c1-15-9-11-17(12-10-15)21(26)24-18-6-4-5-16(13-18)14-23-22(27)19-7-2-3-8-20(19)25/h2-13,25H,14H2,1H3,(H,23,27)(H,24,26). The van der Waals surface area contributed by atoms with Crippen LogP contribution in [0, 0.1) is 6.92 Å². The maximum atomic E-state index is 12.3. The highest BCUT2D eigenvalue weighted by Gasteiger charge is 2.10. The number of carbonyl (C=O) groups is 2. The molecule has 0 atom stereocenters. The molecule has 0 aromatic heterocycles. The zero-order valence-electron chi connectivity index (χ0n) is 14.9. The van der Waals surface area contributed by atoms with Gasteiger partial charge in [0, 0.05) is 17.8 Å². The molecule has 0 radical (unpaired) electrons. The molecular formula is C22H20N2O3. The van der Waals surface area contributed by atoms with Gasteiger partial charge in [0.15, 0.2) is 0 Å². The van der Waals surface area contributed by atoms with E-state index in [0.717, 1.165) is 11.1 Å². The average Bonchev–Trinajstić information content (AvgIpc) is 2.67. The van der Waals surface area contributed by atoms with Crippen LogP contribution in [0.5, 0.6) is 5.75 Å². The second kappa shape index (κ2) is 8.19. The normalized spacial score (nSPS) is 10.3. The number of rotatable bonds is 5. The molecule has 0 bridgehead atoms. The number of anilines is 1. The van der Waals surface area contributed by atoms with Gasteiger partial charge < -0.3 is 15.7 Å². The second-order valence-electron chi connectivity index (χ2n) is 6.22. The summed E-state index contributed by atoms with van der Waals surface area (Å²) in [6.45, 7) is 2.25. The van der Waals surface area contributed by atoms with Crippen molar-refractivity contribution in [3.05, 3.63) is 95.1 Å². The minimum Gasteiger partial charge on any atom is -0.507 e. The molecule has 0 aliphatic heterocycles. The second-order valence-corrected chi connectivity index (χ2v) is 6.22. The summed E-state index contributed by atoms with van der Waals surface area (Å²) in [5, 5.41) is 15.4. The van der Waals surface area contributed by atoms with Gasteiger partial charge in [-0.15, -0.1) is 0 Å². The molecule has 5 nitrogen and oxygen atoms in total. The van der Waals surface area contributed by atoms with Crippen molar-refractivity contribution in [3.63, 3.8) is 0 Å². The lowest BCUT2D eigenvalue weighted by atomic mass is 10.1. The molecule has 3 aromatic rings. The van der Waals surface area contributed by atoms with E-state index in [0.29, 0.717) is 11.3 Å². The van der Waals surface area contributed by atoms with Gasteiger partial charge in [0.2, 0.25) is 0 Å². The summed E-state index contributed by atoms with van der Waals surface area (Å²) in [6, 6.07) is 21.0. The summed E-state index contributed by atoms with van der Waals surface area (Å²) in [5.41, 5.74) is 3.38. The first-order chi connectivity index (χ1) is 13.0. The molecule has 0 saturated carbocycles. The highest BCUT2D eigenvalue weighted by molar-refractivity contribution is 6.04. The van der Waals surface area contributed by atoms with Crippen molar-refractivity contribution >= 4 is 17.5 Å². The molecular weight excluding hydrogens is 340 g/mol. The maximum Gasteiger partial charge on any atom is 0.255 e. The van der Waals surface area contributed by atoms with E-state index in [9.17, 15) is 14.7 Å². The Hall–Kier alpha value is -3.60. The molecule has 2 amide bonds. The number of phenols is 1. The lowest BCUT2D eigenvalue weighted by molar-refractivity contribution is 0.0947. The van der Waals surface area contributed by atoms with Gasteiger partial charge in [-0.3, -0.25) is 9.59 Å². The van der Waals surface area contributed by atoms with E-state index in [1.807, 2.05) is 31.2 Å². The number of hydrogen-bond donors (Lipinski definition) is 3. The minimum atomic E-state index is -0.359. The molecule has 0 aliphatic carbocycles. The fourth-order valence-electron chi connectivity index (χ4n) is 2.61. The predicted molar refractivity (Wildman–Crippen MR) is 105 cm³/mol. The number of benzene rings is 3. The molecule has 0 spiro atoms. The first kappa shape index (κ1) is 18.2. The predicted octanol–water partition coefficient (Wildman–Crippen LogP) is 3.88. The van der Waals surface area contributed by atoms with Crippen LogP contribution in [0.2, 0.25) is 0 Å². The van der Waals surface area contributed by atoms with E-state index < -0.39 is 0 Å². The number of para-hydroxylation sites is 1. The Morgan fingerprint density at radius 2 is 1.63 bits per heavy atom. The molecule has 136 valence electrons. The minimum absolute atomic E-state index is 0.0610. The van der Waals surface area contributed by atoms with Crippen LogP contribution < -0.4 is 10.6 Å².